The second kappa shape index (κ2) is 3.65. The third-order valence-corrected chi connectivity index (χ3v) is 3.49. The van der Waals surface area contributed by atoms with E-state index in [1.807, 2.05) is 32.0 Å². The van der Waals surface area contributed by atoms with Gasteiger partial charge in [-0.1, -0.05) is 30.3 Å². The second-order valence-electron chi connectivity index (χ2n) is 5.21. The Kier molecular flexibility index (Phi) is 2.35. The molecule has 0 bridgehead atoms. The molecule has 1 aliphatic carbocycles. The summed E-state index contributed by atoms with van der Waals surface area (Å²) in [6, 6.07) is 10.1. The molecule has 17 heavy (non-hydrogen) atoms. The van der Waals surface area contributed by atoms with Crippen LogP contribution in [-0.2, 0) is 14.3 Å². The fraction of sp³-hybridized carbons (Fsp3) is 0.500. The number of Topliss-reactive ketones (excluding diaryl/α,β-unsaturated/α-hetero) is 1. The van der Waals surface area contributed by atoms with E-state index in [4.69, 9.17) is 9.47 Å². The first-order valence-electron chi connectivity index (χ1n) is 6.00. The Balaban J connectivity index is 1.91. The average molecular weight is 232 g/mol. The van der Waals surface area contributed by atoms with E-state index < -0.39 is 5.79 Å². The van der Waals surface area contributed by atoms with Crippen molar-refractivity contribution in [3.8, 4) is 0 Å². The number of benzene rings is 1. The van der Waals surface area contributed by atoms with Crippen LogP contribution in [0.2, 0.25) is 0 Å². The number of fused-ring (bicyclic) bond motifs is 1. The minimum Gasteiger partial charge on any atom is -0.343 e. The van der Waals surface area contributed by atoms with Crippen LogP contribution in [0.4, 0.5) is 0 Å². The molecule has 0 amide bonds. The Hall–Kier alpha value is -1.19. The minimum atomic E-state index is -0.640. The topological polar surface area (TPSA) is 35.5 Å². The van der Waals surface area contributed by atoms with Crippen LogP contribution >= 0.6 is 0 Å². The number of ketones is 1. The van der Waals surface area contributed by atoms with Gasteiger partial charge in [-0.2, -0.15) is 0 Å². The highest BCUT2D eigenvalue weighted by Gasteiger charge is 2.53. The zero-order chi connectivity index (χ0) is 12.0. The second-order valence-corrected chi connectivity index (χ2v) is 5.21. The Morgan fingerprint density at radius 2 is 1.88 bits per heavy atom. The molecule has 3 heteroatoms. The molecule has 2 aliphatic rings. The summed E-state index contributed by atoms with van der Waals surface area (Å²) >= 11 is 0. The highest BCUT2D eigenvalue weighted by atomic mass is 16.8. The number of carbonyl (C=O) groups is 1. The van der Waals surface area contributed by atoms with Crippen molar-refractivity contribution in [2.24, 2.45) is 0 Å². The summed E-state index contributed by atoms with van der Waals surface area (Å²) in [7, 11) is 0. The van der Waals surface area contributed by atoms with Gasteiger partial charge in [-0.15, -0.1) is 0 Å². The summed E-state index contributed by atoms with van der Waals surface area (Å²) in [5, 5.41) is 0. The van der Waals surface area contributed by atoms with E-state index in [-0.39, 0.29) is 23.9 Å². The zero-order valence-electron chi connectivity index (χ0n) is 10.1. The lowest BCUT2D eigenvalue weighted by Crippen LogP contribution is -2.25. The third-order valence-electron chi connectivity index (χ3n) is 3.49. The van der Waals surface area contributed by atoms with E-state index in [2.05, 4.69) is 12.1 Å². The summed E-state index contributed by atoms with van der Waals surface area (Å²) in [5.74, 6) is -0.344. The molecule has 1 heterocycles. The molecule has 1 aliphatic heterocycles. The van der Waals surface area contributed by atoms with Crippen LogP contribution in [0.5, 0.6) is 0 Å². The summed E-state index contributed by atoms with van der Waals surface area (Å²) < 4.78 is 11.5. The Labute approximate surface area is 101 Å². The van der Waals surface area contributed by atoms with Crippen LogP contribution in [0, 0.1) is 0 Å². The first-order valence-corrected chi connectivity index (χ1v) is 6.00. The normalized spacial score (nSPS) is 34.9. The monoisotopic (exact) mass is 232 g/mol. The molecule has 1 aromatic carbocycles. The summed E-state index contributed by atoms with van der Waals surface area (Å²) in [6.45, 7) is 3.72. The maximum Gasteiger partial charge on any atom is 0.165 e. The molecule has 1 aromatic rings. The molecule has 0 aromatic heterocycles. The van der Waals surface area contributed by atoms with Crippen molar-refractivity contribution in [1.82, 2.24) is 0 Å². The van der Waals surface area contributed by atoms with Crippen molar-refractivity contribution in [3.05, 3.63) is 35.9 Å². The van der Waals surface area contributed by atoms with Gasteiger partial charge in [0.2, 0.25) is 0 Å². The van der Waals surface area contributed by atoms with E-state index in [0.717, 1.165) is 5.56 Å². The van der Waals surface area contributed by atoms with Gasteiger partial charge >= 0.3 is 0 Å². The Morgan fingerprint density at radius 1 is 1.18 bits per heavy atom. The van der Waals surface area contributed by atoms with Crippen LogP contribution in [0.3, 0.4) is 0 Å². The number of rotatable bonds is 1. The SMILES string of the molecule is CC1(C)OC2C(=O)C[C@H](c3ccccc3)C2O1. The van der Waals surface area contributed by atoms with Crippen molar-refractivity contribution >= 4 is 5.78 Å². The highest BCUT2D eigenvalue weighted by molar-refractivity contribution is 5.88. The quantitative estimate of drug-likeness (QED) is 0.745. The first-order chi connectivity index (χ1) is 8.07. The van der Waals surface area contributed by atoms with Crippen LogP contribution in [-0.4, -0.2) is 23.8 Å². The predicted octanol–water partition coefficient (Wildman–Crippen LogP) is 2.26. The fourth-order valence-electron chi connectivity index (χ4n) is 2.79. The average Bonchev–Trinajstić information content (AvgIpc) is 2.76. The lowest BCUT2D eigenvalue weighted by molar-refractivity contribution is -0.160. The van der Waals surface area contributed by atoms with Crippen molar-refractivity contribution in [2.75, 3.05) is 0 Å². The van der Waals surface area contributed by atoms with Gasteiger partial charge < -0.3 is 9.47 Å². The lowest BCUT2D eigenvalue weighted by Gasteiger charge is -2.21. The van der Waals surface area contributed by atoms with Crippen LogP contribution in [0.1, 0.15) is 31.7 Å². The van der Waals surface area contributed by atoms with Crippen LogP contribution < -0.4 is 0 Å². The zero-order valence-corrected chi connectivity index (χ0v) is 10.1. The summed E-state index contributed by atoms with van der Waals surface area (Å²) in [5.41, 5.74) is 1.16. The molecule has 0 spiro atoms. The first kappa shape index (κ1) is 10.9. The molecule has 1 saturated carbocycles. The number of carbonyl (C=O) groups excluding carboxylic acids is 1. The van der Waals surface area contributed by atoms with E-state index >= 15 is 0 Å². The molecule has 0 N–H and O–H groups in total. The standard InChI is InChI=1S/C14H16O3/c1-14(2)16-12-10(8-11(15)13(12)17-14)9-6-4-3-5-7-9/h3-7,10,12-13H,8H2,1-2H3/t10-,12?,13?/m1/s1. The number of ether oxygens (including phenoxy) is 2. The molecular formula is C14H16O3. The van der Waals surface area contributed by atoms with Crippen molar-refractivity contribution in [3.63, 3.8) is 0 Å². The summed E-state index contributed by atoms with van der Waals surface area (Å²) in [6.07, 6.45) is 0.0187. The van der Waals surface area contributed by atoms with Gasteiger partial charge in [-0.25, -0.2) is 0 Å². The van der Waals surface area contributed by atoms with Gasteiger partial charge in [0.25, 0.3) is 0 Å². The van der Waals surface area contributed by atoms with Gasteiger partial charge in [-0.3, -0.25) is 4.79 Å². The van der Waals surface area contributed by atoms with Gasteiger partial charge in [0.05, 0.1) is 0 Å². The van der Waals surface area contributed by atoms with Gasteiger partial charge in [-0.05, 0) is 19.4 Å². The lowest BCUT2D eigenvalue weighted by atomic mass is 9.95. The van der Waals surface area contributed by atoms with Crippen molar-refractivity contribution < 1.29 is 14.3 Å². The highest BCUT2D eigenvalue weighted by Crippen LogP contribution is 2.44. The molecule has 2 fully saturated rings. The Morgan fingerprint density at radius 3 is 2.59 bits per heavy atom. The molecule has 3 nitrogen and oxygen atoms in total. The molecule has 0 radical (unpaired) electrons. The molecule has 3 atom stereocenters. The van der Waals surface area contributed by atoms with Gasteiger partial charge in [0.1, 0.15) is 12.2 Å². The minimum absolute atomic E-state index is 0.125. The third kappa shape index (κ3) is 1.79. The van der Waals surface area contributed by atoms with Crippen molar-refractivity contribution in [1.29, 1.82) is 0 Å². The predicted molar refractivity (Wildman–Crippen MR) is 62.6 cm³/mol. The number of hydrogen-bond acceptors (Lipinski definition) is 3. The molecular weight excluding hydrogens is 216 g/mol. The maximum absolute atomic E-state index is 11.9. The van der Waals surface area contributed by atoms with E-state index in [9.17, 15) is 4.79 Å². The molecule has 2 unspecified atom stereocenters. The maximum atomic E-state index is 11.9. The molecule has 1 saturated heterocycles. The summed E-state index contributed by atoms with van der Waals surface area (Å²) in [4.78, 5) is 11.9. The van der Waals surface area contributed by atoms with Gasteiger partial charge in [0, 0.05) is 12.3 Å². The molecule has 3 rings (SSSR count). The smallest absolute Gasteiger partial charge is 0.165 e. The van der Waals surface area contributed by atoms with E-state index in [0.29, 0.717) is 6.42 Å². The fourth-order valence-corrected chi connectivity index (χ4v) is 2.79. The number of hydrogen-bond donors (Lipinski definition) is 0. The van der Waals surface area contributed by atoms with Crippen LogP contribution in [0.25, 0.3) is 0 Å². The van der Waals surface area contributed by atoms with E-state index in [1.165, 1.54) is 0 Å². The Bertz CT molecular complexity index is 438. The van der Waals surface area contributed by atoms with Crippen molar-refractivity contribution in [2.45, 2.75) is 44.2 Å². The van der Waals surface area contributed by atoms with E-state index in [1.54, 1.807) is 0 Å². The molecule has 90 valence electrons. The largest absolute Gasteiger partial charge is 0.343 e. The van der Waals surface area contributed by atoms with Crippen LogP contribution in [0.15, 0.2) is 30.3 Å². The van der Waals surface area contributed by atoms with Gasteiger partial charge in [0.15, 0.2) is 11.6 Å².